The van der Waals surface area contributed by atoms with E-state index in [1.54, 1.807) is 18.0 Å². The summed E-state index contributed by atoms with van der Waals surface area (Å²) < 4.78 is 42.5. The number of allylic oxidation sites excluding steroid dienone is 3. The van der Waals surface area contributed by atoms with Crippen molar-refractivity contribution in [3.05, 3.63) is 58.6 Å². The number of rotatable bonds is 2. The van der Waals surface area contributed by atoms with Crippen LogP contribution in [0.3, 0.4) is 0 Å². The third-order valence-electron chi connectivity index (χ3n) is 4.40. The number of nitrogen functional groups attached to an aromatic ring is 1. The average Bonchev–Trinajstić information content (AvgIpc) is 3.31. The molecule has 122 valence electrons. The molecule has 1 saturated carbocycles. The molecule has 3 rings (SSSR count). The predicted molar refractivity (Wildman–Crippen MR) is 86.0 cm³/mol. The van der Waals surface area contributed by atoms with Crippen molar-refractivity contribution in [1.82, 2.24) is 4.90 Å². The second-order valence-corrected chi connectivity index (χ2v) is 6.29. The fraction of sp³-hybridized carbons (Fsp3) is 0.333. The molecule has 1 aliphatic carbocycles. The van der Waals surface area contributed by atoms with E-state index in [9.17, 15) is 13.2 Å². The molecule has 0 unspecified atom stereocenters. The van der Waals surface area contributed by atoms with E-state index >= 15 is 0 Å². The van der Waals surface area contributed by atoms with E-state index in [2.05, 4.69) is 0 Å². The number of benzene rings is 1. The van der Waals surface area contributed by atoms with Gasteiger partial charge in [-0.3, -0.25) is 0 Å². The van der Waals surface area contributed by atoms with Crippen LogP contribution in [0.4, 0.5) is 18.9 Å². The van der Waals surface area contributed by atoms with Gasteiger partial charge in [-0.2, -0.15) is 0 Å². The molecular weight excluding hydrogens is 301 g/mol. The van der Waals surface area contributed by atoms with Crippen LogP contribution in [0.1, 0.15) is 25.3 Å². The zero-order valence-corrected chi connectivity index (χ0v) is 13.2. The minimum atomic E-state index is -0.753. The minimum absolute atomic E-state index is 0.0563. The zero-order chi connectivity index (χ0) is 16.7. The Morgan fingerprint density at radius 1 is 1.17 bits per heavy atom. The summed E-state index contributed by atoms with van der Waals surface area (Å²) >= 11 is 0. The standard InChI is InChI=1S/C18H19F3N2/c1-10(11-3-4-11)12-5-13(17(21)9-23(2)8-12)14-6-16(20)18(22)7-15(14)19/h5-7,9,11H,3-4,8,22H2,1-2H3/b12-10+. The van der Waals surface area contributed by atoms with Crippen molar-refractivity contribution >= 4 is 11.3 Å². The number of nitrogens with two attached hydrogens (primary N) is 1. The van der Waals surface area contributed by atoms with Gasteiger partial charge in [-0.25, -0.2) is 13.2 Å². The van der Waals surface area contributed by atoms with Crippen LogP contribution in [-0.4, -0.2) is 18.5 Å². The Hall–Kier alpha value is -2.17. The summed E-state index contributed by atoms with van der Waals surface area (Å²) in [7, 11) is 1.76. The Balaban J connectivity index is 2.15. The van der Waals surface area contributed by atoms with Crippen molar-refractivity contribution in [2.24, 2.45) is 5.92 Å². The smallest absolute Gasteiger partial charge is 0.146 e. The fourth-order valence-electron chi connectivity index (χ4n) is 2.86. The summed E-state index contributed by atoms with van der Waals surface area (Å²) in [6.45, 7) is 2.57. The van der Waals surface area contributed by atoms with Gasteiger partial charge in [0.2, 0.25) is 0 Å². The lowest BCUT2D eigenvalue weighted by molar-refractivity contribution is 0.482. The van der Waals surface area contributed by atoms with E-state index in [0.29, 0.717) is 12.5 Å². The lowest BCUT2D eigenvalue weighted by Crippen LogP contribution is -2.14. The highest BCUT2D eigenvalue weighted by atomic mass is 19.1. The largest absolute Gasteiger partial charge is 0.396 e. The number of anilines is 1. The van der Waals surface area contributed by atoms with Crippen LogP contribution in [0, 0.1) is 17.6 Å². The molecule has 1 aromatic rings. The first-order chi connectivity index (χ1) is 10.9. The lowest BCUT2D eigenvalue weighted by Gasteiger charge is -2.15. The van der Waals surface area contributed by atoms with Crippen LogP contribution in [0.5, 0.6) is 0 Å². The molecule has 0 spiro atoms. The van der Waals surface area contributed by atoms with Crippen molar-refractivity contribution in [3.63, 3.8) is 0 Å². The van der Waals surface area contributed by atoms with E-state index in [1.807, 2.05) is 6.92 Å². The highest BCUT2D eigenvalue weighted by molar-refractivity contribution is 5.80. The van der Waals surface area contributed by atoms with E-state index in [0.717, 1.165) is 30.5 Å². The van der Waals surface area contributed by atoms with Crippen molar-refractivity contribution in [2.75, 3.05) is 19.3 Å². The summed E-state index contributed by atoms with van der Waals surface area (Å²) in [5.41, 5.74) is 7.17. The molecule has 0 bridgehead atoms. The van der Waals surface area contributed by atoms with Crippen LogP contribution in [-0.2, 0) is 0 Å². The van der Waals surface area contributed by atoms with Gasteiger partial charge in [-0.15, -0.1) is 0 Å². The summed E-state index contributed by atoms with van der Waals surface area (Å²) in [6.07, 6.45) is 5.20. The Morgan fingerprint density at radius 3 is 2.52 bits per heavy atom. The summed E-state index contributed by atoms with van der Waals surface area (Å²) in [4.78, 5) is 1.71. The van der Waals surface area contributed by atoms with Gasteiger partial charge in [0.05, 0.1) is 5.69 Å². The third kappa shape index (κ3) is 3.14. The van der Waals surface area contributed by atoms with Crippen molar-refractivity contribution < 1.29 is 13.2 Å². The molecule has 1 aliphatic heterocycles. The molecule has 5 heteroatoms. The molecule has 0 radical (unpaired) electrons. The molecule has 0 aromatic heterocycles. The normalized spacial score (nSPS) is 20.8. The van der Waals surface area contributed by atoms with Gasteiger partial charge in [0.25, 0.3) is 0 Å². The zero-order valence-electron chi connectivity index (χ0n) is 13.2. The van der Waals surface area contributed by atoms with Gasteiger partial charge >= 0.3 is 0 Å². The Bertz CT molecular complexity index is 743. The maximum atomic E-state index is 14.5. The SMILES string of the molecule is C/C(=C1/C=C(c2cc(F)c(N)cc2F)C(F)=CN(C)C1)C1CC1. The van der Waals surface area contributed by atoms with Crippen molar-refractivity contribution in [1.29, 1.82) is 0 Å². The monoisotopic (exact) mass is 320 g/mol. The highest BCUT2D eigenvalue weighted by Gasteiger charge is 2.27. The average molecular weight is 320 g/mol. The van der Waals surface area contributed by atoms with Crippen LogP contribution >= 0.6 is 0 Å². The molecule has 0 saturated heterocycles. The number of hydrogen-bond acceptors (Lipinski definition) is 2. The molecule has 2 nitrogen and oxygen atoms in total. The molecule has 2 aliphatic rings. The molecule has 23 heavy (non-hydrogen) atoms. The van der Waals surface area contributed by atoms with Gasteiger partial charge in [0.1, 0.15) is 17.5 Å². The van der Waals surface area contributed by atoms with Gasteiger partial charge in [0.15, 0.2) is 0 Å². The maximum Gasteiger partial charge on any atom is 0.146 e. The quantitative estimate of drug-likeness (QED) is 0.818. The van der Waals surface area contributed by atoms with Gasteiger partial charge in [0, 0.05) is 37.0 Å². The maximum absolute atomic E-state index is 14.5. The molecular formula is C18H19F3N2. The van der Waals surface area contributed by atoms with E-state index in [1.165, 1.54) is 11.8 Å². The van der Waals surface area contributed by atoms with Crippen molar-refractivity contribution in [3.8, 4) is 0 Å². The van der Waals surface area contributed by atoms with Gasteiger partial charge < -0.3 is 10.6 Å². The first-order valence-electron chi connectivity index (χ1n) is 7.61. The number of hydrogen-bond donors (Lipinski definition) is 1. The lowest BCUT2D eigenvalue weighted by atomic mass is 9.98. The highest BCUT2D eigenvalue weighted by Crippen LogP contribution is 2.40. The molecule has 1 fully saturated rings. The van der Waals surface area contributed by atoms with Gasteiger partial charge in [-0.1, -0.05) is 5.57 Å². The molecule has 0 amide bonds. The molecule has 1 aromatic carbocycles. The van der Waals surface area contributed by atoms with Gasteiger partial charge in [-0.05, 0) is 43.4 Å². The second kappa shape index (κ2) is 5.80. The minimum Gasteiger partial charge on any atom is -0.396 e. The van der Waals surface area contributed by atoms with Crippen LogP contribution in [0.2, 0.25) is 0 Å². The Morgan fingerprint density at radius 2 is 1.87 bits per heavy atom. The summed E-state index contributed by atoms with van der Waals surface area (Å²) in [6, 6.07) is 1.85. The molecule has 1 heterocycles. The summed E-state index contributed by atoms with van der Waals surface area (Å²) in [5.74, 6) is -1.55. The Kier molecular flexibility index (Phi) is 3.96. The Labute approximate surface area is 133 Å². The number of nitrogens with zero attached hydrogens (tertiary/aromatic N) is 1. The first kappa shape index (κ1) is 15.7. The second-order valence-electron chi connectivity index (χ2n) is 6.29. The summed E-state index contributed by atoms with van der Waals surface area (Å²) in [5, 5.41) is 0. The molecule has 0 atom stereocenters. The van der Waals surface area contributed by atoms with Crippen LogP contribution in [0.15, 0.2) is 41.4 Å². The van der Waals surface area contributed by atoms with E-state index < -0.39 is 17.5 Å². The predicted octanol–water partition coefficient (Wildman–Crippen LogP) is 4.41. The van der Waals surface area contributed by atoms with Crippen LogP contribution < -0.4 is 5.73 Å². The first-order valence-corrected chi connectivity index (χ1v) is 7.61. The van der Waals surface area contributed by atoms with Crippen molar-refractivity contribution in [2.45, 2.75) is 19.8 Å². The number of likely N-dealkylation sites (N-methyl/N-ethyl adjacent to an activating group) is 1. The van der Waals surface area contributed by atoms with Crippen LogP contribution in [0.25, 0.3) is 5.57 Å². The topological polar surface area (TPSA) is 29.3 Å². The number of halogens is 3. The third-order valence-corrected chi connectivity index (χ3v) is 4.40. The molecule has 2 N–H and O–H groups in total. The van der Waals surface area contributed by atoms with E-state index in [-0.39, 0.29) is 16.8 Å². The fourth-order valence-corrected chi connectivity index (χ4v) is 2.86. The van der Waals surface area contributed by atoms with E-state index in [4.69, 9.17) is 5.73 Å².